The fraction of sp³-hybridized carbons (Fsp3) is 0.467. The summed E-state index contributed by atoms with van der Waals surface area (Å²) in [4.78, 5) is 6.90. The lowest BCUT2D eigenvalue weighted by molar-refractivity contribution is 0.340. The fourth-order valence-corrected chi connectivity index (χ4v) is 3.45. The van der Waals surface area contributed by atoms with Gasteiger partial charge in [0.15, 0.2) is 0 Å². The molecule has 2 heterocycles. The number of hydrogen-bond donors (Lipinski definition) is 0. The van der Waals surface area contributed by atoms with E-state index in [2.05, 4.69) is 38.5 Å². The van der Waals surface area contributed by atoms with E-state index in [0.29, 0.717) is 12.6 Å². The van der Waals surface area contributed by atoms with Gasteiger partial charge in [0.2, 0.25) is 5.13 Å². The van der Waals surface area contributed by atoms with Crippen LogP contribution in [0.1, 0.15) is 37.2 Å². The molecule has 1 aliphatic rings. The summed E-state index contributed by atoms with van der Waals surface area (Å²) in [6, 6.07) is 8.86. The van der Waals surface area contributed by atoms with E-state index >= 15 is 0 Å². The highest BCUT2D eigenvalue weighted by Crippen LogP contribution is 2.37. The van der Waals surface area contributed by atoms with Gasteiger partial charge in [-0.05, 0) is 44.4 Å². The van der Waals surface area contributed by atoms with Crippen molar-refractivity contribution in [2.24, 2.45) is 0 Å². The maximum atomic E-state index is 5.50. The van der Waals surface area contributed by atoms with Crippen molar-refractivity contribution in [3.63, 3.8) is 0 Å². The molecule has 0 saturated carbocycles. The number of ether oxygens (including phenoxy) is 1. The first-order valence-electron chi connectivity index (χ1n) is 7.07. The van der Waals surface area contributed by atoms with E-state index in [4.69, 9.17) is 4.74 Å². The minimum absolute atomic E-state index is 0.415. The van der Waals surface area contributed by atoms with Gasteiger partial charge in [-0.25, -0.2) is 4.98 Å². The molecule has 0 aliphatic carbocycles. The van der Waals surface area contributed by atoms with Gasteiger partial charge in [-0.1, -0.05) is 12.1 Å². The van der Waals surface area contributed by atoms with Gasteiger partial charge in [0, 0.05) is 18.1 Å². The second-order valence-electron chi connectivity index (χ2n) is 4.98. The van der Waals surface area contributed by atoms with Gasteiger partial charge < -0.3 is 9.64 Å². The molecule has 1 unspecified atom stereocenters. The van der Waals surface area contributed by atoms with Crippen LogP contribution in [0.3, 0.4) is 0 Å². The van der Waals surface area contributed by atoms with E-state index in [1.54, 1.807) is 0 Å². The molecule has 0 spiro atoms. The Balaban J connectivity index is 1.81. The molecule has 4 nitrogen and oxygen atoms in total. The molecule has 0 amide bonds. The highest BCUT2D eigenvalue weighted by Gasteiger charge is 2.28. The third kappa shape index (κ3) is 2.63. The topological polar surface area (TPSA) is 38.2 Å². The number of aromatic nitrogens is 2. The Labute approximate surface area is 123 Å². The molecule has 0 N–H and O–H groups in total. The summed E-state index contributed by atoms with van der Waals surface area (Å²) < 4.78 is 9.80. The molecule has 2 aromatic rings. The van der Waals surface area contributed by atoms with Gasteiger partial charge in [0.1, 0.15) is 11.6 Å². The first kappa shape index (κ1) is 13.4. The molecular weight excluding hydrogens is 270 g/mol. The third-order valence-corrected chi connectivity index (χ3v) is 4.44. The Morgan fingerprint density at radius 3 is 2.80 bits per heavy atom. The minimum Gasteiger partial charge on any atom is -0.494 e. The summed E-state index contributed by atoms with van der Waals surface area (Å²) >= 11 is 1.50. The van der Waals surface area contributed by atoms with Crippen LogP contribution in [0.25, 0.3) is 0 Å². The van der Waals surface area contributed by atoms with E-state index in [1.807, 2.05) is 13.8 Å². The van der Waals surface area contributed by atoms with Crippen molar-refractivity contribution in [3.05, 3.63) is 35.7 Å². The maximum absolute atomic E-state index is 5.50. The van der Waals surface area contributed by atoms with Gasteiger partial charge in [0.25, 0.3) is 0 Å². The number of nitrogens with zero attached hydrogens (tertiary/aromatic N) is 3. The highest BCUT2D eigenvalue weighted by molar-refractivity contribution is 7.09. The van der Waals surface area contributed by atoms with Crippen molar-refractivity contribution in [3.8, 4) is 5.75 Å². The van der Waals surface area contributed by atoms with E-state index in [1.165, 1.54) is 29.9 Å². The summed E-state index contributed by atoms with van der Waals surface area (Å²) in [5.41, 5.74) is 1.33. The van der Waals surface area contributed by atoms with Crippen LogP contribution in [-0.2, 0) is 0 Å². The molecule has 106 valence electrons. The molecule has 0 bridgehead atoms. The predicted octanol–water partition coefficient (Wildman–Crippen LogP) is 3.59. The summed E-state index contributed by atoms with van der Waals surface area (Å²) in [6.45, 7) is 5.72. The molecule has 1 fully saturated rings. The number of anilines is 1. The first-order valence-corrected chi connectivity index (χ1v) is 7.85. The van der Waals surface area contributed by atoms with Gasteiger partial charge in [-0.15, -0.1) is 0 Å². The van der Waals surface area contributed by atoms with Gasteiger partial charge in [-0.3, -0.25) is 0 Å². The Morgan fingerprint density at radius 1 is 1.35 bits per heavy atom. The Kier molecular flexibility index (Phi) is 3.87. The van der Waals surface area contributed by atoms with Crippen molar-refractivity contribution in [1.82, 2.24) is 9.36 Å². The number of benzene rings is 1. The average Bonchev–Trinajstić information content (AvgIpc) is 3.08. The number of hydrogen-bond acceptors (Lipinski definition) is 5. The normalized spacial score (nSPS) is 18.5. The van der Waals surface area contributed by atoms with E-state index in [-0.39, 0.29) is 0 Å². The lowest BCUT2D eigenvalue weighted by atomic mass is 10.0. The lowest BCUT2D eigenvalue weighted by Crippen LogP contribution is -2.22. The zero-order valence-corrected chi connectivity index (χ0v) is 12.7. The second-order valence-corrected chi connectivity index (χ2v) is 5.71. The first-order chi connectivity index (χ1) is 9.78. The molecule has 1 aromatic carbocycles. The lowest BCUT2D eigenvalue weighted by Gasteiger charge is -2.24. The van der Waals surface area contributed by atoms with Gasteiger partial charge >= 0.3 is 0 Å². The van der Waals surface area contributed by atoms with Crippen LogP contribution in [0.2, 0.25) is 0 Å². The SMILES string of the molecule is CCOc1ccc(C2CCCN2c2nc(C)ns2)cc1. The molecule has 1 aromatic heterocycles. The Morgan fingerprint density at radius 2 is 2.15 bits per heavy atom. The number of rotatable bonds is 4. The Bertz CT molecular complexity index is 567. The molecule has 1 aliphatic heterocycles. The average molecular weight is 289 g/mol. The van der Waals surface area contributed by atoms with Crippen molar-refractivity contribution < 1.29 is 4.74 Å². The van der Waals surface area contributed by atoms with Crippen molar-refractivity contribution >= 4 is 16.7 Å². The van der Waals surface area contributed by atoms with Crippen LogP contribution in [0.15, 0.2) is 24.3 Å². The standard InChI is InChI=1S/C15H19N3OS/c1-3-19-13-8-6-12(7-9-13)14-5-4-10-18(14)15-16-11(2)17-20-15/h6-9,14H,3-5,10H2,1-2H3. The molecule has 20 heavy (non-hydrogen) atoms. The van der Waals surface area contributed by atoms with Gasteiger partial charge in [-0.2, -0.15) is 4.37 Å². The smallest absolute Gasteiger partial charge is 0.205 e. The third-order valence-electron chi connectivity index (χ3n) is 3.59. The zero-order valence-electron chi connectivity index (χ0n) is 11.9. The predicted molar refractivity (Wildman–Crippen MR) is 81.6 cm³/mol. The molecule has 1 atom stereocenters. The number of aryl methyl sites for hydroxylation is 1. The summed E-state index contributed by atoms with van der Waals surface area (Å²) in [7, 11) is 0. The van der Waals surface area contributed by atoms with Crippen LogP contribution in [0.5, 0.6) is 5.75 Å². The summed E-state index contributed by atoms with van der Waals surface area (Å²) in [5, 5.41) is 1.04. The van der Waals surface area contributed by atoms with Crippen LogP contribution in [-0.4, -0.2) is 22.5 Å². The summed E-state index contributed by atoms with van der Waals surface area (Å²) in [6.07, 6.45) is 2.38. The van der Waals surface area contributed by atoms with Crippen molar-refractivity contribution in [1.29, 1.82) is 0 Å². The zero-order chi connectivity index (χ0) is 13.9. The highest BCUT2D eigenvalue weighted by atomic mass is 32.1. The van der Waals surface area contributed by atoms with Crippen LogP contribution in [0, 0.1) is 6.92 Å². The molecule has 0 radical (unpaired) electrons. The minimum atomic E-state index is 0.415. The molecule has 1 saturated heterocycles. The quantitative estimate of drug-likeness (QED) is 0.862. The maximum Gasteiger partial charge on any atom is 0.205 e. The summed E-state index contributed by atoms with van der Waals surface area (Å²) in [5.74, 6) is 1.80. The second kappa shape index (κ2) is 5.79. The van der Waals surface area contributed by atoms with E-state index < -0.39 is 0 Å². The van der Waals surface area contributed by atoms with Crippen LogP contribution < -0.4 is 9.64 Å². The van der Waals surface area contributed by atoms with Gasteiger partial charge in [0.05, 0.1) is 12.6 Å². The van der Waals surface area contributed by atoms with Crippen LogP contribution in [0.4, 0.5) is 5.13 Å². The van der Waals surface area contributed by atoms with Crippen molar-refractivity contribution in [2.75, 3.05) is 18.1 Å². The van der Waals surface area contributed by atoms with E-state index in [0.717, 1.165) is 23.3 Å². The Hall–Kier alpha value is -1.62. The fourth-order valence-electron chi connectivity index (χ4n) is 2.70. The van der Waals surface area contributed by atoms with Crippen LogP contribution >= 0.6 is 11.5 Å². The largest absolute Gasteiger partial charge is 0.494 e. The molecular formula is C15H19N3OS. The van der Waals surface area contributed by atoms with E-state index in [9.17, 15) is 0 Å². The monoisotopic (exact) mass is 289 g/mol. The van der Waals surface area contributed by atoms with Crippen molar-refractivity contribution in [2.45, 2.75) is 32.7 Å². The molecule has 5 heteroatoms. The molecule has 3 rings (SSSR count).